The summed E-state index contributed by atoms with van der Waals surface area (Å²) in [6.07, 6.45) is 0. The lowest BCUT2D eigenvalue weighted by atomic mass is 10.2. The van der Waals surface area contributed by atoms with Crippen LogP contribution in [0.25, 0.3) is 11.4 Å². The Morgan fingerprint density at radius 3 is 2.54 bits per heavy atom. The van der Waals surface area contributed by atoms with Gasteiger partial charge in [0, 0.05) is 36.5 Å². The highest BCUT2D eigenvalue weighted by Crippen LogP contribution is 2.21. The molecule has 126 valence electrons. The first kappa shape index (κ1) is 17.3. The van der Waals surface area contributed by atoms with Gasteiger partial charge in [0.05, 0.1) is 11.5 Å². The van der Waals surface area contributed by atoms with Gasteiger partial charge < -0.3 is 15.7 Å². The number of nitro groups is 1. The van der Waals surface area contributed by atoms with Gasteiger partial charge in [0.2, 0.25) is 5.91 Å². The number of carbonyl (C=O) groups excluding carboxylic acids is 1. The van der Waals surface area contributed by atoms with Crippen LogP contribution in [0.15, 0.2) is 30.3 Å². The van der Waals surface area contributed by atoms with E-state index in [1.807, 2.05) is 0 Å². The first-order chi connectivity index (χ1) is 11.4. The van der Waals surface area contributed by atoms with E-state index in [9.17, 15) is 20.0 Å². The van der Waals surface area contributed by atoms with Crippen molar-refractivity contribution in [2.45, 2.75) is 13.0 Å². The van der Waals surface area contributed by atoms with E-state index in [2.05, 4.69) is 20.6 Å². The molecule has 0 fully saturated rings. The fourth-order valence-electron chi connectivity index (χ4n) is 2.05. The average molecular weight is 331 g/mol. The van der Waals surface area contributed by atoms with Gasteiger partial charge in [0.1, 0.15) is 11.9 Å². The van der Waals surface area contributed by atoms with Crippen molar-refractivity contribution >= 4 is 17.4 Å². The van der Waals surface area contributed by atoms with Gasteiger partial charge in [-0.25, -0.2) is 9.97 Å². The number of rotatable bonds is 6. The van der Waals surface area contributed by atoms with Crippen molar-refractivity contribution in [3.8, 4) is 11.4 Å². The number of aliphatic hydroxyl groups excluding tert-OH is 1. The monoisotopic (exact) mass is 331 g/mol. The van der Waals surface area contributed by atoms with Gasteiger partial charge in [-0.1, -0.05) is 0 Å². The number of aryl methyl sites for hydroxylation is 1. The van der Waals surface area contributed by atoms with Crippen LogP contribution in [-0.4, -0.2) is 45.6 Å². The lowest BCUT2D eigenvalue weighted by Crippen LogP contribution is -2.40. The molecule has 2 aromatic rings. The van der Waals surface area contributed by atoms with E-state index in [-0.39, 0.29) is 11.6 Å². The topological polar surface area (TPSA) is 130 Å². The second-order valence-electron chi connectivity index (χ2n) is 5.02. The predicted molar refractivity (Wildman–Crippen MR) is 87.4 cm³/mol. The zero-order chi connectivity index (χ0) is 17.7. The van der Waals surface area contributed by atoms with Crippen molar-refractivity contribution in [1.82, 2.24) is 15.3 Å². The molecule has 9 nitrogen and oxygen atoms in total. The number of benzene rings is 1. The van der Waals surface area contributed by atoms with E-state index in [1.54, 1.807) is 25.1 Å². The number of anilines is 1. The molecule has 0 radical (unpaired) electrons. The second kappa shape index (κ2) is 7.47. The minimum atomic E-state index is -0.839. The number of hydrogen-bond acceptors (Lipinski definition) is 7. The maximum absolute atomic E-state index is 11.6. The van der Waals surface area contributed by atoms with Crippen LogP contribution in [0.3, 0.4) is 0 Å². The van der Waals surface area contributed by atoms with Crippen molar-refractivity contribution in [3.05, 3.63) is 46.1 Å². The molecule has 2 rings (SSSR count). The largest absolute Gasteiger partial charge is 0.394 e. The first-order valence-corrected chi connectivity index (χ1v) is 7.14. The van der Waals surface area contributed by atoms with Crippen LogP contribution >= 0.6 is 0 Å². The van der Waals surface area contributed by atoms with Crippen LogP contribution in [0, 0.1) is 17.0 Å². The normalized spacial score (nSPS) is 11.6. The molecular formula is C15H17N5O4. The summed E-state index contributed by atoms with van der Waals surface area (Å²) in [6.45, 7) is 1.37. The molecule has 0 aliphatic carbocycles. The molecule has 1 aromatic heterocycles. The molecule has 1 heterocycles. The number of carbonyl (C=O) groups is 1. The minimum Gasteiger partial charge on any atom is -0.394 e. The molecule has 1 aromatic carbocycles. The number of nitrogens with zero attached hydrogens (tertiary/aromatic N) is 3. The Bertz CT molecular complexity index is 748. The maximum atomic E-state index is 11.6. The van der Waals surface area contributed by atoms with Gasteiger partial charge in [-0.05, 0) is 19.1 Å². The van der Waals surface area contributed by atoms with E-state index < -0.39 is 17.6 Å². The maximum Gasteiger partial charge on any atom is 0.269 e. The Balaban J connectivity index is 2.31. The summed E-state index contributed by atoms with van der Waals surface area (Å²) in [6, 6.07) is 6.65. The Kier molecular flexibility index (Phi) is 5.38. The van der Waals surface area contributed by atoms with E-state index in [0.717, 1.165) is 0 Å². The number of aliphatic hydroxyl groups is 1. The van der Waals surface area contributed by atoms with Crippen molar-refractivity contribution < 1.29 is 14.8 Å². The first-order valence-electron chi connectivity index (χ1n) is 7.14. The third-order valence-corrected chi connectivity index (χ3v) is 3.26. The zero-order valence-electron chi connectivity index (χ0n) is 13.2. The Morgan fingerprint density at radius 1 is 1.33 bits per heavy atom. The molecule has 1 amide bonds. The number of hydrogen-bond donors (Lipinski definition) is 3. The van der Waals surface area contributed by atoms with Crippen LogP contribution in [-0.2, 0) is 4.79 Å². The number of nitrogens with one attached hydrogen (secondary N) is 2. The van der Waals surface area contributed by atoms with E-state index in [4.69, 9.17) is 0 Å². The van der Waals surface area contributed by atoms with Crippen LogP contribution in [0.5, 0.6) is 0 Å². The quantitative estimate of drug-likeness (QED) is 0.529. The second-order valence-corrected chi connectivity index (χ2v) is 5.02. The predicted octanol–water partition coefficient (Wildman–Crippen LogP) is 0.879. The van der Waals surface area contributed by atoms with Gasteiger partial charge in [-0.15, -0.1) is 0 Å². The van der Waals surface area contributed by atoms with Crippen LogP contribution in [0.4, 0.5) is 11.5 Å². The molecule has 0 aliphatic rings. The third-order valence-electron chi connectivity index (χ3n) is 3.26. The zero-order valence-corrected chi connectivity index (χ0v) is 13.2. The van der Waals surface area contributed by atoms with E-state index in [1.165, 1.54) is 19.2 Å². The van der Waals surface area contributed by atoms with Crippen molar-refractivity contribution in [2.24, 2.45) is 0 Å². The van der Waals surface area contributed by atoms with Crippen LogP contribution < -0.4 is 10.6 Å². The molecule has 0 aliphatic heterocycles. The fraction of sp³-hybridized carbons (Fsp3) is 0.267. The Labute approximate surface area is 137 Å². The number of amides is 1. The number of likely N-dealkylation sites (N-methyl/N-ethyl adjacent to an activating group) is 1. The number of nitro benzene ring substituents is 1. The molecule has 0 bridgehead atoms. The minimum absolute atomic E-state index is 0.0234. The lowest BCUT2D eigenvalue weighted by Gasteiger charge is -2.16. The molecule has 3 N–H and O–H groups in total. The van der Waals surface area contributed by atoms with E-state index in [0.29, 0.717) is 22.9 Å². The van der Waals surface area contributed by atoms with Gasteiger partial charge in [-0.2, -0.15) is 0 Å². The summed E-state index contributed by atoms with van der Waals surface area (Å²) in [4.78, 5) is 30.5. The fourth-order valence-corrected chi connectivity index (χ4v) is 2.05. The highest BCUT2D eigenvalue weighted by Gasteiger charge is 2.17. The summed E-state index contributed by atoms with van der Waals surface area (Å²) in [7, 11) is 1.47. The van der Waals surface area contributed by atoms with Gasteiger partial charge in [-0.3, -0.25) is 14.9 Å². The molecule has 1 unspecified atom stereocenters. The Morgan fingerprint density at radius 2 is 2.00 bits per heavy atom. The summed E-state index contributed by atoms with van der Waals surface area (Å²) >= 11 is 0. The lowest BCUT2D eigenvalue weighted by molar-refractivity contribution is -0.384. The van der Waals surface area contributed by atoms with Crippen LogP contribution in [0.1, 0.15) is 5.69 Å². The van der Waals surface area contributed by atoms with Gasteiger partial charge >= 0.3 is 0 Å². The molecule has 24 heavy (non-hydrogen) atoms. The summed E-state index contributed by atoms with van der Waals surface area (Å²) in [5.41, 5.74) is 1.23. The molecule has 0 saturated carbocycles. The van der Waals surface area contributed by atoms with Crippen molar-refractivity contribution in [2.75, 3.05) is 19.0 Å². The molecule has 1 atom stereocenters. The highest BCUT2D eigenvalue weighted by atomic mass is 16.6. The highest BCUT2D eigenvalue weighted by molar-refractivity contribution is 5.84. The summed E-state index contributed by atoms with van der Waals surface area (Å²) < 4.78 is 0. The summed E-state index contributed by atoms with van der Waals surface area (Å²) in [5.74, 6) is 0.366. The SMILES string of the molecule is CNC(=O)C(CO)Nc1cc(C)nc(-c2ccc([N+](=O)[O-])cc2)n1. The molecule has 9 heteroatoms. The average Bonchev–Trinajstić information content (AvgIpc) is 2.58. The standard InChI is InChI=1S/C15H17N5O4/c1-9-7-13(18-12(8-21)15(22)16-2)19-14(17-9)10-3-5-11(6-4-10)20(23)24/h3-7,12,21H,8H2,1-2H3,(H,16,22)(H,17,18,19). The van der Waals surface area contributed by atoms with Gasteiger partial charge in [0.15, 0.2) is 5.82 Å². The smallest absolute Gasteiger partial charge is 0.269 e. The van der Waals surface area contributed by atoms with Crippen molar-refractivity contribution in [1.29, 1.82) is 0 Å². The van der Waals surface area contributed by atoms with Gasteiger partial charge in [0.25, 0.3) is 5.69 Å². The number of non-ortho nitro benzene ring substituents is 1. The summed E-state index contributed by atoms with van der Waals surface area (Å²) in [5, 5.41) is 25.3. The van der Waals surface area contributed by atoms with E-state index >= 15 is 0 Å². The molecule has 0 spiro atoms. The molecule has 0 saturated heterocycles. The number of aromatic nitrogens is 2. The third kappa shape index (κ3) is 4.02. The van der Waals surface area contributed by atoms with Crippen molar-refractivity contribution in [3.63, 3.8) is 0 Å². The Hall–Kier alpha value is -3.07. The molecular weight excluding hydrogens is 314 g/mol. The van der Waals surface area contributed by atoms with Crippen LogP contribution in [0.2, 0.25) is 0 Å².